The van der Waals surface area contributed by atoms with Crippen LogP contribution in [0, 0.1) is 0 Å². The minimum atomic E-state index is 0.353. The van der Waals surface area contributed by atoms with Crippen molar-refractivity contribution in [2.24, 2.45) is 0 Å². The number of benzene rings is 1. The standard InChI is InChI=1S/C17H24BrNO/c18-13-6-14-19(16-10-5-11-16)17(20)12-4-9-15-7-2-1-3-8-15/h1-3,7-8,16H,4-6,9-14H2. The number of hydrogen-bond donors (Lipinski definition) is 0. The Labute approximate surface area is 130 Å². The molecule has 2 rings (SSSR count). The second kappa shape index (κ2) is 8.46. The molecule has 1 amide bonds. The van der Waals surface area contributed by atoms with E-state index in [0.29, 0.717) is 18.4 Å². The average Bonchev–Trinajstić information content (AvgIpc) is 2.42. The molecule has 20 heavy (non-hydrogen) atoms. The lowest BCUT2D eigenvalue weighted by molar-refractivity contribution is -0.135. The van der Waals surface area contributed by atoms with Crippen molar-refractivity contribution in [3.63, 3.8) is 0 Å². The number of hydrogen-bond acceptors (Lipinski definition) is 1. The molecule has 0 unspecified atom stereocenters. The fraction of sp³-hybridized carbons (Fsp3) is 0.588. The molecule has 1 aliphatic carbocycles. The molecule has 0 atom stereocenters. The van der Waals surface area contributed by atoms with Gasteiger partial charge in [-0.1, -0.05) is 46.3 Å². The van der Waals surface area contributed by atoms with Crippen molar-refractivity contribution in [1.82, 2.24) is 4.90 Å². The Bertz CT molecular complexity index is 403. The Balaban J connectivity index is 1.76. The lowest BCUT2D eigenvalue weighted by Gasteiger charge is -2.37. The fourth-order valence-electron chi connectivity index (χ4n) is 2.67. The first-order valence-corrected chi connectivity index (χ1v) is 8.83. The van der Waals surface area contributed by atoms with Gasteiger partial charge in [0.2, 0.25) is 5.91 Å². The van der Waals surface area contributed by atoms with E-state index >= 15 is 0 Å². The molecule has 1 aliphatic rings. The summed E-state index contributed by atoms with van der Waals surface area (Å²) in [6.07, 6.45) is 7.39. The summed E-state index contributed by atoms with van der Waals surface area (Å²) in [7, 11) is 0. The molecule has 0 heterocycles. The predicted molar refractivity (Wildman–Crippen MR) is 87.1 cm³/mol. The van der Waals surface area contributed by atoms with Crippen LogP contribution in [-0.4, -0.2) is 28.7 Å². The summed E-state index contributed by atoms with van der Waals surface area (Å²) in [5, 5.41) is 0.980. The highest BCUT2D eigenvalue weighted by Crippen LogP contribution is 2.26. The van der Waals surface area contributed by atoms with Gasteiger partial charge in [0.25, 0.3) is 0 Å². The van der Waals surface area contributed by atoms with Gasteiger partial charge in [0.15, 0.2) is 0 Å². The maximum atomic E-state index is 12.4. The third kappa shape index (κ3) is 4.62. The monoisotopic (exact) mass is 337 g/mol. The van der Waals surface area contributed by atoms with E-state index in [1.807, 2.05) is 6.07 Å². The molecule has 0 N–H and O–H groups in total. The van der Waals surface area contributed by atoms with Crippen LogP contribution in [0.3, 0.4) is 0 Å². The van der Waals surface area contributed by atoms with Gasteiger partial charge in [0.05, 0.1) is 0 Å². The number of aryl methyl sites for hydroxylation is 1. The molecule has 0 radical (unpaired) electrons. The lowest BCUT2D eigenvalue weighted by atomic mass is 9.91. The second-order valence-electron chi connectivity index (χ2n) is 5.55. The van der Waals surface area contributed by atoms with Gasteiger partial charge in [-0.15, -0.1) is 0 Å². The van der Waals surface area contributed by atoms with Crippen LogP contribution < -0.4 is 0 Å². The lowest BCUT2D eigenvalue weighted by Crippen LogP contribution is -2.44. The highest BCUT2D eigenvalue weighted by atomic mass is 79.9. The van der Waals surface area contributed by atoms with Gasteiger partial charge in [-0.2, -0.15) is 0 Å². The molecule has 110 valence electrons. The SMILES string of the molecule is O=C(CCCc1ccccc1)N(CCCBr)C1CCC1. The molecule has 0 bridgehead atoms. The summed E-state index contributed by atoms with van der Waals surface area (Å²) in [5.74, 6) is 0.353. The first-order valence-electron chi connectivity index (χ1n) is 7.70. The first kappa shape index (κ1) is 15.6. The second-order valence-corrected chi connectivity index (χ2v) is 6.35. The van der Waals surface area contributed by atoms with E-state index < -0.39 is 0 Å². The molecule has 0 aromatic heterocycles. The van der Waals surface area contributed by atoms with E-state index in [2.05, 4.69) is 45.1 Å². The summed E-state index contributed by atoms with van der Waals surface area (Å²) >= 11 is 3.46. The molecule has 1 saturated carbocycles. The van der Waals surface area contributed by atoms with Crippen LogP contribution in [0.1, 0.15) is 44.1 Å². The smallest absolute Gasteiger partial charge is 0.222 e. The Morgan fingerprint density at radius 2 is 1.95 bits per heavy atom. The van der Waals surface area contributed by atoms with Crippen molar-refractivity contribution >= 4 is 21.8 Å². The largest absolute Gasteiger partial charge is 0.340 e. The Morgan fingerprint density at radius 1 is 1.20 bits per heavy atom. The summed E-state index contributed by atoms with van der Waals surface area (Å²) in [4.78, 5) is 14.5. The summed E-state index contributed by atoms with van der Waals surface area (Å²) in [5.41, 5.74) is 1.33. The van der Waals surface area contributed by atoms with E-state index in [9.17, 15) is 4.79 Å². The maximum Gasteiger partial charge on any atom is 0.222 e. The molecule has 0 spiro atoms. The van der Waals surface area contributed by atoms with Crippen molar-refractivity contribution in [2.75, 3.05) is 11.9 Å². The zero-order valence-corrected chi connectivity index (χ0v) is 13.6. The quantitative estimate of drug-likeness (QED) is 0.651. The van der Waals surface area contributed by atoms with Crippen LogP contribution in [0.25, 0.3) is 0 Å². The normalized spacial score (nSPS) is 14.8. The maximum absolute atomic E-state index is 12.4. The van der Waals surface area contributed by atoms with Gasteiger partial charge in [-0.05, 0) is 44.1 Å². The minimum absolute atomic E-state index is 0.353. The fourth-order valence-corrected chi connectivity index (χ4v) is 2.92. The molecule has 2 nitrogen and oxygen atoms in total. The predicted octanol–water partition coefficient (Wildman–Crippen LogP) is 4.18. The van der Waals surface area contributed by atoms with Gasteiger partial charge >= 0.3 is 0 Å². The van der Waals surface area contributed by atoms with Crippen molar-refractivity contribution in [3.05, 3.63) is 35.9 Å². The van der Waals surface area contributed by atoms with Crippen LogP contribution >= 0.6 is 15.9 Å². The number of carbonyl (C=O) groups is 1. The van der Waals surface area contributed by atoms with E-state index in [1.54, 1.807) is 0 Å². The third-order valence-electron chi connectivity index (χ3n) is 4.07. The minimum Gasteiger partial charge on any atom is -0.340 e. The van der Waals surface area contributed by atoms with Gasteiger partial charge in [-0.25, -0.2) is 0 Å². The number of alkyl halides is 1. The van der Waals surface area contributed by atoms with E-state index in [-0.39, 0.29) is 0 Å². The van der Waals surface area contributed by atoms with Crippen LogP contribution in [0.15, 0.2) is 30.3 Å². The topological polar surface area (TPSA) is 20.3 Å². The van der Waals surface area contributed by atoms with E-state index in [4.69, 9.17) is 0 Å². The average molecular weight is 338 g/mol. The van der Waals surface area contributed by atoms with Gasteiger partial charge in [0.1, 0.15) is 0 Å². The zero-order valence-electron chi connectivity index (χ0n) is 12.1. The molecule has 0 saturated heterocycles. The van der Waals surface area contributed by atoms with Crippen molar-refractivity contribution in [2.45, 2.75) is 51.0 Å². The van der Waals surface area contributed by atoms with E-state index in [0.717, 1.165) is 31.1 Å². The van der Waals surface area contributed by atoms with Crippen LogP contribution in [-0.2, 0) is 11.2 Å². The third-order valence-corrected chi connectivity index (χ3v) is 4.63. The summed E-state index contributed by atoms with van der Waals surface area (Å²) in [6.45, 7) is 0.917. The van der Waals surface area contributed by atoms with Crippen LogP contribution in [0.5, 0.6) is 0 Å². The Kier molecular flexibility index (Phi) is 6.58. The number of amides is 1. The molecular weight excluding hydrogens is 314 g/mol. The molecule has 0 aliphatic heterocycles. The van der Waals surface area contributed by atoms with Crippen LogP contribution in [0.2, 0.25) is 0 Å². The molecular formula is C17H24BrNO. The van der Waals surface area contributed by atoms with Crippen molar-refractivity contribution in [3.8, 4) is 0 Å². The molecule has 1 aromatic rings. The molecule has 1 aromatic carbocycles. The van der Waals surface area contributed by atoms with Crippen LogP contribution in [0.4, 0.5) is 0 Å². The number of rotatable bonds is 8. The molecule has 3 heteroatoms. The van der Waals surface area contributed by atoms with Gasteiger partial charge < -0.3 is 4.90 Å². The summed E-state index contributed by atoms with van der Waals surface area (Å²) < 4.78 is 0. The summed E-state index contributed by atoms with van der Waals surface area (Å²) in [6, 6.07) is 11.0. The highest BCUT2D eigenvalue weighted by molar-refractivity contribution is 9.09. The highest BCUT2D eigenvalue weighted by Gasteiger charge is 2.27. The molecule has 1 fully saturated rings. The van der Waals surface area contributed by atoms with E-state index in [1.165, 1.54) is 24.8 Å². The first-order chi connectivity index (χ1) is 9.81. The van der Waals surface area contributed by atoms with Gasteiger partial charge in [0, 0.05) is 24.3 Å². The number of carbonyl (C=O) groups excluding carboxylic acids is 1. The number of nitrogens with zero attached hydrogens (tertiary/aromatic N) is 1. The van der Waals surface area contributed by atoms with Crippen molar-refractivity contribution in [1.29, 1.82) is 0 Å². The van der Waals surface area contributed by atoms with Crippen molar-refractivity contribution < 1.29 is 4.79 Å². The zero-order chi connectivity index (χ0) is 14.2. The van der Waals surface area contributed by atoms with Gasteiger partial charge in [-0.3, -0.25) is 4.79 Å². The Hall–Kier alpha value is -0.830. The Morgan fingerprint density at radius 3 is 2.55 bits per heavy atom. The number of halogens is 1.